The average Bonchev–Trinajstić information content (AvgIpc) is 2.58. The maximum Gasteiger partial charge on any atom is 0.411 e. The van der Waals surface area contributed by atoms with Crippen LogP contribution in [0.4, 0.5) is 4.79 Å². The van der Waals surface area contributed by atoms with Gasteiger partial charge in [-0.15, -0.1) is 0 Å². The van der Waals surface area contributed by atoms with Gasteiger partial charge in [0, 0.05) is 17.8 Å². The Kier molecular flexibility index (Phi) is 4.19. The zero-order chi connectivity index (χ0) is 18.3. The summed E-state index contributed by atoms with van der Waals surface area (Å²) in [6.07, 6.45) is 6.38. The lowest BCUT2D eigenvalue weighted by molar-refractivity contribution is -0.0510. The van der Waals surface area contributed by atoms with E-state index >= 15 is 0 Å². The normalized spacial score (nSPS) is 22.9. The molecule has 5 heteroatoms. The highest BCUT2D eigenvalue weighted by Crippen LogP contribution is 2.36. The predicted octanol–water partition coefficient (Wildman–Crippen LogP) is 4.03. The Morgan fingerprint density at radius 3 is 2.88 bits per heavy atom. The van der Waals surface area contributed by atoms with Crippen LogP contribution in [0.3, 0.4) is 0 Å². The second-order valence-electron chi connectivity index (χ2n) is 7.94. The van der Waals surface area contributed by atoms with Crippen LogP contribution in [0.25, 0.3) is 16.3 Å². The van der Waals surface area contributed by atoms with Crippen LogP contribution >= 0.6 is 0 Å². The molecule has 3 heterocycles. The maximum absolute atomic E-state index is 12.7. The average molecular weight is 352 g/mol. The fraction of sp³-hybridized carbons (Fsp3) is 0.429. The molecule has 0 saturated carbocycles. The zero-order valence-electron chi connectivity index (χ0n) is 15.4. The van der Waals surface area contributed by atoms with Crippen molar-refractivity contribution in [2.45, 2.75) is 44.9 Å². The molecule has 26 heavy (non-hydrogen) atoms. The number of carbonyl (C=O) groups is 1. The van der Waals surface area contributed by atoms with E-state index < -0.39 is 5.60 Å². The van der Waals surface area contributed by atoms with Crippen molar-refractivity contribution < 1.29 is 14.3 Å². The van der Waals surface area contributed by atoms with E-state index in [1.807, 2.05) is 44.1 Å². The van der Waals surface area contributed by atoms with E-state index in [-0.39, 0.29) is 18.2 Å². The highest BCUT2D eigenvalue weighted by Gasteiger charge is 2.40. The first-order valence-electron chi connectivity index (χ1n) is 9.05. The summed E-state index contributed by atoms with van der Waals surface area (Å²) in [5.41, 5.74) is 1.94. The molecule has 2 aliphatic rings. The van der Waals surface area contributed by atoms with E-state index in [1.54, 1.807) is 0 Å². The van der Waals surface area contributed by atoms with Crippen LogP contribution < -0.4 is 0 Å². The van der Waals surface area contributed by atoms with Crippen LogP contribution in [0, 0.1) is 0 Å². The fourth-order valence-corrected chi connectivity index (χ4v) is 3.79. The molecular formula is C21H24N2O3. The summed E-state index contributed by atoms with van der Waals surface area (Å²) in [7, 11) is 0. The summed E-state index contributed by atoms with van der Waals surface area (Å²) >= 11 is 0. The minimum Gasteiger partial charge on any atom is -0.444 e. The number of fused-ring (bicyclic) bond motifs is 3. The highest BCUT2D eigenvalue weighted by atomic mass is 16.6. The van der Waals surface area contributed by atoms with Gasteiger partial charge in [0.15, 0.2) is 0 Å². The van der Waals surface area contributed by atoms with E-state index in [2.05, 4.69) is 29.3 Å². The molecular weight excluding hydrogens is 328 g/mol. The molecule has 1 amide bonds. The summed E-state index contributed by atoms with van der Waals surface area (Å²) in [4.78, 5) is 18.8. The van der Waals surface area contributed by atoms with Crippen molar-refractivity contribution >= 4 is 22.4 Å². The molecule has 2 aromatic rings. The highest BCUT2D eigenvalue weighted by molar-refractivity contribution is 5.94. The van der Waals surface area contributed by atoms with Crippen molar-refractivity contribution in [2.75, 3.05) is 13.2 Å². The first-order valence-corrected chi connectivity index (χ1v) is 9.05. The third-order valence-electron chi connectivity index (χ3n) is 4.83. The van der Waals surface area contributed by atoms with Gasteiger partial charge in [-0.2, -0.15) is 0 Å². The number of hydrogen-bond acceptors (Lipinski definition) is 4. The van der Waals surface area contributed by atoms with Gasteiger partial charge in [-0.3, -0.25) is 9.88 Å². The Bertz CT molecular complexity index is 864. The summed E-state index contributed by atoms with van der Waals surface area (Å²) in [5.74, 6) is 0. The third-order valence-corrected chi connectivity index (χ3v) is 4.83. The minimum atomic E-state index is -0.502. The maximum atomic E-state index is 12.7. The molecule has 1 aromatic heterocycles. The smallest absolute Gasteiger partial charge is 0.411 e. The molecule has 2 atom stereocenters. The topological polar surface area (TPSA) is 51.7 Å². The number of benzene rings is 1. The minimum absolute atomic E-state index is 0.00414. The number of aromatic nitrogens is 1. The SMILES string of the molecule is CC(C)(C)OC(=O)N1C2C=C(c3cccc4ccncc34)CC1COC2. The van der Waals surface area contributed by atoms with E-state index in [0.29, 0.717) is 13.2 Å². The Balaban J connectivity index is 1.69. The zero-order valence-corrected chi connectivity index (χ0v) is 15.4. The monoisotopic (exact) mass is 352 g/mol. The molecule has 0 N–H and O–H groups in total. The molecule has 1 saturated heterocycles. The predicted molar refractivity (Wildman–Crippen MR) is 101 cm³/mol. The third kappa shape index (κ3) is 3.19. The number of carbonyl (C=O) groups excluding carboxylic acids is 1. The Hall–Kier alpha value is -2.40. The van der Waals surface area contributed by atoms with Crippen molar-refractivity contribution in [3.8, 4) is 0 Å². The number of nitrogens with zero attached hydrogens (tertiary/aromatic N) is 2. The van der Waals surface area contributed by atoms with Crippen molar-refractivity contribution in [2.24, 2.45) is 0 Å². The Morgan fingerprint density at radius 2 is 2.12 bits per heavy atom. The van der Waals surface area contributed by atoms with Crippen molar-refractivity contribution in [1.29, 1.82) is 0 Å². The summed E-state index contributed by atoms with van der Waals surface area (Å²) in [5, 5.41) is 2.32. The number of hydrogen-bond donors (Lipinski definition) is 0. The van der Waals surface area contributed by atoms with Gasteiger partial charge in [0.25, 0.3) is 0 Å². The van der Waals surface area contributed by atoms with Crippen LogP contribution in [-0.4, -0.2) is 46.9 Å². The molecule has 2 unspecified atom stereocenters. The number of morpholine rings is 1. The Morgan fingerprint density at radius 1 is 1.27 bits per heavy atom. The summed E-state index contributed by atoms with van der Waals surface area (Å²) in [6, 6.07) is 8.23. The van der Waals surface area contributed by atoms with Gasteiger partial charge in [-0.1, -0.05) is 24.3 Å². The van der Waals surface area contributed by atoms with Crippen molar-refractivity contribution in [1.82, 2.24) is 9.88 Å². The second kappa shape index (κ2) is 6.40. The lowest BCUT2D eigenvalue weighted by Crippen LogP contribution is -2.57. The molecule has 2 bridgehead atoms. The molecule has 0 spiro atoms. The number of rotatable bonds is 1. The van der Waals surface area contributed by atoms with Crippen LogP contribution in [-0.2, 0) is 9.47 Å². The van der Waals surface area contributed by atoms with Crippen molar-refractivity contribution in [3.05, 3.63) is 48.3 Å². The molecule has 136 valence electrons. The van der Waals surface area contributed by atoms with Gasteiger partial charge in [0.2, 0.25) is 0 Å². The van der Waals surface area contributed by atoms with Crippen LogP contribution in [0.2, 0.25) is 0 Å². The number of pyridine rings is 1. The summed E-state index contributed by atoms with van der Waals surface area (Å²) in [6.45, 7) is 6.72. The van der Waals surface area contributed by atoms with E-state index in [9.17, 15) is 4.79 Å². The molecule has 0 aliphatic carbocycles. The van der Waals surface area contributed by atoms with Gasteiger partial charge in [-0.25, -0.2) is 4.79 Å². The van der Waals surface area contributed by atoms with Gasteiger partial charge in [0.1, 0.15) is 5.60 Å². The van der Waals surface area contributed by atoms with E-state index in [1.165, 1.54) is 16.5 Å². The number of ether oxygens (including phenoxy) is 2. The molecule has 5 nitrogen and oxygen atoms in total. The molecule has 2 aliphatic heterocycles. The summed E-state index contributed by atoms with van der Waals surface area (Å²) < 4.78 is 11.3. The lowest BCUT2D eigenvalue weighted by atomic mass is 9.88. The lowest BCUT2D eigenvalue weighted by Gasteiger charge is -2.44. The van der Waals surface area contributed by atoms with Gasteiger partial charge < -0.3 is 9.47 Å². The second-order valence-corrected chi connectivity index (χ2v) is 7.94. The first kappa shape index (κ1) is 17.0. The number of amides is 1. The van der Waals surface area contributed by atoms with E-state index in [4.69, 9.17) is 9.47 Å². The van der Waals surface area contributed by atoms with Crippen molar-refractivity contribution in [3.63, 3.8) is 0 Å². The Labute approximate surface area is 153 Å². The van der Waals surface area contributed by atoms with E-state index in [0.717, 1.165) is 11.8 Å². The molecule has 4 rings (SSSR count). The van der Waals surface area contributed by atoms with Gasteiger partial charge in [0.05, 0.1) is 25.3 Å². The quantitative estimate of drug-likeness (QED) is 0.778. The largest absolute Gasteiger partial charge is 0.444 e. The van der Waals surface area contributed by atoms with Crippen LogP contribution in [0.15, 0.2) is 42.7 Å². The first-order chi connectivity index (χ1) is 12.4. The molecule has 0 radical (unpaired) electrons. The molecule has 1 fully saturated rings. The van der Waals surface area contributed by atoms with Crippen LogP contribution in [0.5, 0.6) is 0 Å². The van der Waals surface area contributed by atoms with Gasteiger partial charge in [-0.05, 0) is 49.8 Å². The standard InChI is InChI=1S/C21H24N2O3/c1-21(2,3)26-20(24)23-16-9-15(10-17(23)13-25-12-16)18-6-4-5-14-7-8-22-11-19(14)18/h4-9,11,16-17H,10,12-13H2,1-3H3. The molecule has 1 aromatic carbocycles. The van der Waals surface area contributed by atoms with Crippen LogP contribution in [0.1, 0.15) is 32.8 Å². The van der Waals surface area contributed by atoms with Gasteiger partial charge >= 0.3 is 6.09 Å². The fourth-order valence-electron chi connectivity index (χ4n) is 3.79.